The Labute approximate surface area is 197 Å². The second kappa shape index (κ2) is 9.77. The van der Waals surface area contributed by atoms with Crippen LogP contribution in [0.1, 0.15) is 22.5 Å². The summed E-state index contributed by atoms with van der Waals surface area (Å²) in [5, 5.41) is 20.0. The Morgan fingerprint density at radius 3 is 1.97 bits per heavy atom. The molecule has 6 heteroatoms. The van der Waals surface area contributed by atoms with Crippen LogP contribution < -0.4 is 4.74 Å². The van der Waals surface area contributed by atoms with Crippen LogP contribution in [0.25, 0.3) is 16.9 Å². The van der Waals surface area contributed by atoms with Crippen molar-refractivity contribution in [3.05, 3.63) is 114 Å². The molecule has 0 fully saturated rings. The molecule has 0 atom stereocenters. The highest BCUT2D eigenvalue weighted by Gasteiger charge is 2.18. The van der Waals surface area contributed by atoms with E-state index in [1.165, 1.54) is 0 Å². The highest BCUT2D eigenvalue weighted by molar-refractivity contribution is 5.64. The smallest absolute Gasteiger partial charge is 0.219 e. The van der Waals surface area contributed by atoms with E-state index < -0.39 is 0 Å². The normalized spacial score (nSPS) is 11.1. The number of aromatic nitrogens is 3. The van der Waals surface area contributed by atoms with Gasteiger partial charge in [-0.15, -0.1) is 0 Å². The van der Waals surface area contributed by atoms with Crippen molar-refractivity contribution >= 4 is 5.65 Å². The molecule has 0 aliphatic rings. The summed E-state index contributed by atoms with van der Waals surface area (Å²) in [6, 6.07) is 27.7. The molecule has 3 aromatic carbocycles. The molecule has 0 radical (unpaired) electrons. The van der Waals surface area contributed by atoms with Crippen LogP contribution in [0.3, 0.4) is 0 Å². The van der Waals surface area contributed by atoms with Crippen molar-refractivity contribution in [1.82, 2.24) is 14.4 Å². The van der Waals surface area contributed by atoms with Crippen LogP contribution in [-0.2, 0) is 12.8 Å². The van der Waals surface area contributed by atoms with E-state index in [9.17, 15) is 5.11 Å². The summed E-state index contributed by atoms with van der Waals surface area (Å²) in [7, 11) is 0. The topological polar surface area (TPSA) is 79.9 Å². The first-order valence-electron chi connectivity index (χ1n) is 11.2. The number of aliphatic hydroxyl groups is 1. The molecule has 5 rings (SSSR count). The van der Waals surface area contributed by atoms with Gasteiger partial charge in [0.1, 0.15) is 18.1 Å². The van der Waals surface area contributed by atoms with E-state index in [0.29, 0.717) is 29.9 Å². The van der Waals surface area contributed by atoms with E-state index in [0.717, 1.165) is 28.1 Å². The molecular weight excluding hydrogens is 426 g/mol. The third kappa shape index (κ3) is 4.63. The summed E-state index contributed by atoms with van der Waals surface area (Å²) in [6.07, 6.45) is 2.95. The van der Waals surface area contributed by atoms with Crippen molar-refractivity contribution < 1.29 is 14.9 Å². The monoisotopic (exact) mass is 451 g/mol. The molecule has 5 aromatic rings. The molecule has 2 heterocycles. The maximum Gasteiger partial charge on any atom is 0.219 e. The van der Waals surface area contributed by atoms with Gasteiger partial charge in [0.05, 0.1) is 18.0 Å². The molecule has 0 amide bonds. The van der Waals surface area contributed by atoms with Crippen molar-refractivity contribution in [3.63, 3.8) is 0 Å². The summed E-state index contributed by atoms with van der Waals surface area (Å²) in [5.74, 6) is 0.804. The minimum Gasteiger partial charge on any atom is -0.493 e. The first-order chi connectivity index (χ1) is 16.7. The van der Waals surface area contributed by atoms with E-state index in [4.69, 9.17) is 19.8 Å². The molecule has 2 aromatic heterocycles. The second-order valence-corrected chi connectivity index (χ2v) is 8.07. The largest absolute Gasteiger partial charge is 0.493 e. The molecule has 0 spiro atoms. The van der Waals surface area contributed by atoms with E-state index in [1.54, 1.807) is 4.40 Å². The number of nitrogens with zero attached hydrogens (tertiary/aromatic N) is 3. The third-order valence-corrected chi connectivity index (χ3v) is 5.66. The Bertz CT molecular complexity index is 1380. The molecule has 34 heavy (non-hydrogen) atoms. The van der Waals surface area contributed by atoms with Gasteiger partial charge >= 0.3 is 0 Å². The van der Waals surface area contributed by atoms with Crippen molar-refractivity contribution in [2.75, 3.05) is 13.2 Å². The Kier molecular flexibility index (Phi) is 6.23. The maximum absolute atomic E-state index is 11.1. The second-order valence-electron chi connectivity index (χ2n) is 8.07. The lowest BCUT2D eigenvalue weighted by atomic mass is 10.1. The minimum atomic E-state index is -0.0337. The number of ether oxygens (including phenoxy) is 1. The quantitative estimate of drug-likeness (QED) is 0.359. The van der Waals surface area contributed by atoms with Gasteiger partial charge < -0.3 is 14.9 Å². The van der Waals surface area contributed by atoms with Crippen molar-refractivity contribution in [2.45, 2.75) is 12.8 Å². The molecule has 0 saturated carbocycles. The van der Waals surface area contributed by atoms with Gasteiger partial charge in [-0.05, 0) is 35.4 Å². The summed E-state index contributed by atoms with van der Waals surface area (Å²) < 4.78 is 7.20. The molecule has 0 aliphatic heterocycles. The van der Waals surface area contributed by atoms with Crippen molar-refractivity contribution in [2.24, 2.45) is 0 Å². The molecule has 170 valence electrons. The Hall–Kier alpha value is -4.16. The summed E-state index contributed by atoms with van der Waals surface area (Å²) in [4.78, 5) is 9.74. The van der Waals surface area contributed by atoms with E-state index in [-0.39, 0.29) is 19.1 Å². The predicted octanol–water partition coefficient (Wildman–Crippen LogP) is 4.65. The number of rotatable bonds is 8. The highest BCUT2D eigenvalue weighted by Crippen LogP contribution is 2.29. The zero-order valence-electron chi connectivity index (χ0n) is 18.6. The lowest BCUT2D eigenvalue weighted by molar-refractivity contribution is 0.201. The number of hydrogen-bond donors (Lipinski definition) is 2. The van der Waals surface area contributed by atoms with Gasteiger partial charge in [0.15, 0.2) is 5.65 Å². The maximum atomic E-state index is 11.1. The van der Waals surface area contributed by atoms with Gasteiger partial charge in [-0.2, -0.15) is 0 Å². The summed E-state index contributed by atoms with van der Waals surface area (Å²) in [6.45, 7) is 0.214. The van der Waals surface area contributed by atoms with Crippen LogP contribution in [0.4, 0.5) is 0 Å². The number of benzene rings is 3. The number of aliphatic hydroxyl groups excluding tert-OH is 1. The number of hydrogen-bond acceptors (Lipinski definition) is 5. The average molecular weight is 452 g/mol. The standard InChI is InChI=1S/C28H25N3O3/c32-15-16-34-23-13-11-22(12-14-23)26-19-31-27(24(29-26)17-20-7-3-1-4-8-20)30-25(28(31)33)18-21-9-5-2-6-10-21/h1-14,19,32-33H,15-18H2. The molecule has 6 nitrogen and oxygen atoms in total. The van der Waals surface area contributed by atoms with Gasteiger partial charge in [0.2, 0.25) is 5.88 Å². The number of fused-ring (bicyclic) bond motifs is 1. The first kappa shape index (κ1) is 21.7. The van der Waals surface area contributed by atoms with E-state index >= 15 is 0 Å². The van der Waals surface area contributed by atoms with Gasteiger partial charge in [-0.3, -0.25) is 4.40 Å². The predicted molar refractivity (Wildman–Crippen MR) is 131 cm³/mol. The van der Waals surface area contributed by atoms with Crippen LogP contribution in [-0.4, -0.2) is 37.8 Å². The Morgan fingerprint density at radius 2 is 1.35 bits per heavy atom. The fourth-order valence-electron chi connectivity index (χ4n) is 3.98. The van der Waals surface area contributed by atoms with Crippen LogP contribution in [0.15, 0.2) is 91.1 Å². The zero-order valence-corrected chi connectivity index (χ0v) is 18.6. The zero-order chi connectivity index (χ0) is 23.3. The van der Waals surface area contributed by atoms with Gasteiger partial charge in [-0.25, -0.2) is 9.97 Å². The fourth-order valence-corrected chi connectivity index (χ4v) is 3.98. The summed E-state index contributed by atoms with van der Waals surface area (Å²) in [5.41, 5.74) is 5.88. The lowest BCUT2D eigenvalue weighted by Crippen LogP contribution is -2.02. The summed E-state index contributed by atoms with van der Waals surface area (Å²) >= 11 is 0. The fraction of sp³-hybridized carbons (Fsp3) is 0.143. The SMILES string of the molecule is OCCOc1ccc(-c2cn3c(O)c(Cc4ccccc4)nc3c(Cc3ccccc3)n2)cc1. The number of aromatic hydroxyl groups is 1. The Morgan fingerprint density at radius 1 is 0.735 bits per heavy atom. The first-order valence-corrected chi connectivity index (χ1v) is 11.2. The lowest BCUT2D eigenvalue weighted by Gasteiger charge is -2.09. The van der Waals surface area contributed by atoms with Gasteiger partial charge in [0, 0.05) is 24.6 Å². The van der Waals surface area contributed by atoms with E-state index in [2.05, 4.69) is 12.1 Å². The van der Waals surface area contributed by atoms with Crippen LogP contribution >= 0.6 is 0 Å². The van der Waals surface area contributed by atoms with Crippen molar-refractivity contribution in [3.8, 4) is 22.9 Å². The minimum absolute atomic E-state index is 0.0337. The van der Waals surface area contributed by atoms with Crippen LogP contribution in [0.2, 0.25) is 0 Å². The molecule has 0 bridgehead atoms. The molecule has 2 N–H and O–H groups in total. The molecule has 0 aliphatic carbocycles. The average Bonchev–Trinajstić information content (AvgIpc) is 3.19. The van der Waals surface area contributed by atoms with Gasteiger partial charge in [-0.1, -0.05) is 60.7 Å². The third-order valence-electron chi connectivity index (χ3n) is 5.66. The molecule has 0 unspecified atom stereocenters. The van der Waals surface area contributed by atoms with Gasteiger partial charge in [0.25, 0.3) is 0 Å². The van der Waals surface area contributed by atoms with E-state index in [1.807, 2.05) is 79.0 Å². The number of imidazole rings is 1. The molecule has 0 saturated heterocycles. The Balaban J connectivity index is 1.58. The highest BCUT2D eigenvalue weighted by atomic mass is 16.5. The van der Waals surface area contributed by atoms with Crippen molar-refractivity contribution in [1.29, 1.82) is 0 Å². The molecular formula is C28H25N3O3. The van der Waals surface area contributed by atoms with Crippen LogP contribution in [0.5, 0.6) is 11.6 Å². The van der Waals surface area contributed by atoms with Crippen LogP contribution in [0, 0.1) is 0 Å².